The van der Waals surface area contributed by atoms with Gasteiger partial charge in [-0.2, -0.15) is 0 Å². The van der Waals surface area contributed by atoms with E-state index in [1.54, 1.807) is 11.3 Å². The van der Waals surface area contributed by atoms with E-state index in [-0.39, 0.29) is 0 Å². The Morgan fingerprint density at radius 3 is 2.25 bits per heavy atom. The van der Waals surface area contributed by atoms with Crippen molar-refractivity contribution >= 4 is 59.1 Å². The van der Waals surface area contributed by atoms with Gasteiger partial charge < -0.3 is 0 Å². The average molecular weight is 433 g/mol. The lowest BCUT2D eigenvalue weighted by atomic mass is 9.79. The van der Waals surface area contributed by atoms with Crippen LogP contribution in [-0.2, 0) is 0 Å². The van der Waals surface area contributed by atoms with Gasteiger partial charge in [0.25, 0.3) is 0 Å². The summed E-state index contributed by atoms with van der Waals surface area (Å²) in [7, 11) is 0. The molecule has 16 heavy (non-hydrogen) atoms. The topological polar surface area (TPSA) is 0 Å². The zero-order valence-electron chi connectivity index (χ0n) is 9.98. The Labute approximate surface area is 128 Å². The molecule has 92 valence electrons. The van der Waals surface area contributed by atoms with Gasteiger partial charge in [-0.1, -0.05) is 43.6 Å². The largest absolute Gasteiger partial charge is 0.131 e. The average Bonchev–Trinajstić information content (AvgIpc) is 2.45. The van der Waals surface area contributed by atoms with Crippen LogP contribution in [0.15, 0.2) is 14.3 Å². The maximum Gasteiger partial charge on any atom is 0.0843 e. The molecular weight excluding hydrogens is 416 g/mol. The van der Waals surface area contributed by atoms with Gasteiger partial charge in [0.1, 0.15) is 0 Å². The maximum atomic E-state index is 3.80. The van der Waals surface area contributed by atoms with Gasteiger partial charge in [-0.05, 0) is 55.7 Å². The van der Waals surface area contributed by atoms with E-state index in [2.05, 4.69) is 81.6 Å². The Morgan fingerprint density at radius 2 is 1.88 bits per heavy atom. The molecule has 0 spiro atoms. The number of alkyl halides is 1. The van der Waals surface area contributed by atoms with Crippen molar-refractivity contribution < 1.29 is 0 Å². The minimum absolute atomic E-state index is 0.373. The Morgan fingerprint density at radius 1 is 1.31 bits per heavy atom. The first-order valence-corrected chi connectivity index (χ1v) is 8.62. The summed E-state index contributed by atoms with van der Waals surface area (Å²) in [6, 6.07) is 2.20. The van der Waals surface area contributed by atoms with Crippen molar-refractivity contribution in [2.75, 3.05) is 0 Å². The Kier molecular flexibility index (Phi) is 5.56. The predicted molar refractivity (Wildman–Crippen MR) is 84.6 cm³/mol. The second kappa shape index (κ2) is 5.85. The van der Waals surface area contributed by atoms with Crippen LogP contribution in [-0.4, -0.2) is 0 Å². The Bertz CT molecular complexity index is 332. The van der Waals surface area contributed by atoms with Crippen molar-refractivity contribution in [1.82, 2.24) is 0 Å². The third-order valence-electron chi connectivity index (χ3n) is 3.01. The minimum Gasteiger partial charge on any atom is -0.131 e. The highest BCUT2D eigenvalue weighted by Gasteiger charge is 2.24. The van der Waals surface area contributed by atoms with Crippen molar-refractivity contribution in [2.45, 2.75) is 38.9 Å². The van der Waals surface area contributed by atoms with E-state index in [1.165, 1.54) is 15.1 Å². The van der Waals surface area contributed by atoms with Gasteiger partial charge >= 0.3 is 0 Å². The zero-order chi connectivity index (χ0) is 12.5. The molecule has 0 radical (unpaired) electrons. The maximum absolute atomic E-state index is 3.80. The molecule has 1 aromatic rings. The number of hydrogen-bond acceptors (Lipinski definition) is 1. The summed E-state index contributed by atoms with van der Waals surface area (Å²) in [4.78, 5) is 1.84. The van der Waals surface area contributed by atoms with E-state index in [0.717, 1.165) is 4.47 Å². The second-order valence-electron chi connectivity index (χ2n) is 5.24. The van der Waals surface area contributed by atoms with Crippen LogP contribution in [0.1, 0.15) is 43.8 Å². The molecule has 0 N–H and O–H groups in total. The predicted octanol–water partition coefficient (Wildman–Crippen LogP) is 6.78. The van der Waals surface area contributed by atoms with Crippen LogP contribution in [0.5, 0.6) is 0 Å². The first-order valence-electron chi connectivity index (χ1n) is 5.30. The van der Waals surface area contributed by atoms with Crippen molar-refractivity contribution in [1.29, 1.82) is 0 Å². The highest BCUT2D eigenvalue weighted by molar-refractivity contribution is 9.13. The highest BCUT2D eigenvalue weighted by Crippen LogP contribution is 2.43. The van der Waals surface area contributed by atoms with Crippen LogP contribution in [0, 0.1) is 11.3 Å². The van der Waals surface area contributed by atoms with Crippen molar-refractivity contribution in [3.63, 3.8) is 0 Å². The molecule has 0 aliphatic carbocycles. The molecule has 1 heterocycles. The number of halogens is 3. The lowest BCUT2D eigenvalue weighted by Crippen LogP contribution is -2.18. The van der Waals surface area contributed by atoms with Gasteiger partial charge in [0, 0.05) is 14.2 Å². The SMILES string of the molecule is CC(CC(Br)c1cc(Br)c(Br)s1)C(C)(C)C. The fourth-order valence-electron chi connectivity index (χ4n) is 1.30. The van der Waals surface area contributed by atoms with E-state index in [1.807, 2.05) is 0 Å². The Hall–Kier alpha value is 1.14. The molecule has 0 aliphatic heterocycles. The number of hydrogen-bond donors (Lipinski definition) is 0. The fourth-order valence-corrected chi connectivity index (χ4v) is 4.35. The molecule has 2 atom stereocenters. The summed E-state index contributed by atoms with van der Waals surface area (Å²) in [5.74, 6) is 0.691. The van der Waals surface area contributed by atoms with Crippen LogP contribution < -0.4 is 0 Å². The molecule has 0 fully saturated rings. The minimum atomic E-state index is 0.373. The third kappa shape index (κ3) is 4.11. The van der Waals surface area contributed by atoms with Crippen molar-refractivity contribution in [3.8, 4) is 0 Å². The fraction of sp³-hybridized carbons (Fsp3) is 0.667. The molecule has 0 saturated heterocycles. The highest BCUT2D eigenvalue weighted by atomic mass is 79.9. The molecule has 1 aromatic heterocycles. The van der Waals surface area contributed by atoms with E-state index in [9.17, 15) is 0 Å². The monoisotopic (exact) mass is 430 g/mol. The van der Waals surface area contributed by atoms with Crippen LogP contribution in [0.25, 0.3) is 0 Å². The van der Waals surface area contributed by atoms with E-state index in [0.29, 0.717) is 16.2 Å². The molecular formula is C12H17Br3S. The first kappa shape index (κ1) is 15.2. The first-order chi connectivity index (χ1) is 7.21. The molecule has 0 aliphatic rings. The van der Waals surface area contributed by atoms with Gasteiger partial charge in [0.2, 0.25) is 0 Å². The Balaban J connectivity index is 2.69. The second-order valence-corrected chi connectivity index (χ2v) is 9.60. The van der Waals surface area contributed by atoms with Gasteiger partial charge in [-0.15, -0.1) is 11.3 Å². The van der Waals surface area contributed by atoms with Gasteiger partial charge in [-0.3, -0.25) is 0 Å². The van der Waals surface area contributed by atoms with Crippen molar-refractivity contribution in [2.24, 2.45) is 11.3 Å². The normalized spacial score (nSPS) is 16.2. The van der Waals surface area contributed by atoms with Crippen molar-refractivity contribution in [3.05, 3.63) is 19.2 Å². The molecule has 0 nitrogen and oxygen atoms in total. The molecule has 0 saturated carbocycles. The molecule has 1 rings (SSSR count). The number of thiophene rings is 1. The van der Waals surface area contributed by atoms with Crippen LogP contribution in [0.3, 0.4) is 0 Å². The van der Waals surface area contributed by atoms with Crippen LogP contribution in [0.2, 0.25) is 0 Å². The standard InChI is InChI=1S/C12H17Br3S/c1-7(12(2,3)4)5-8(13)10-6-9(14)11(15)16-10/h6-8H,5H2,1-4H3. The summed E-state index contributed by atoms with van der Waals surface area (Å²) in [5, 5.41) is 0. The van der Waals surface area contributed by atoms with Gasteiger partial charge in [0.15, 0.2) is 0 Å². The molecule has 0 bridgehead atoms. The summed E-state index contributed by atoms with van der Waals surface area (Å²) < 4.78 is 2.33. The van der Waals surface area contributed by atoms with E-state index < -0.39 is 0 Å². The molecule has 0 amide bonds. The quantitative estimate of drug-likeness (QED) is 0.461. The smallest absolute Gasteiger partial charge is 0.0843 e. The lowest BCUT2D eigenvalue weighted by Gasteiger charge is -2.28. The van der Waals surface area contributed by atoms with Crippen LogP contribution >= 0.6 is 59.1 Å². The van der Waals surface area contributed by atoms with E-state index in [4.69, 9.17) is 0 Å². The van der Waals surface area contributed by atoms with Crippen LogP contribution in [0.4, 0.5) is 0 Å². The zero-order valence-corrected chi connectivity index (χ0v) is 15.6. The number of rotatable bonds is 3. The summed E-state index contributed by atoms with van der Waals surface area (Å²) in [6.45, 7) is 9.24. The summed E-state index contributed by atoms with van der Waals surface area (Å²) in [6.07, 6.45) is 1.17. The third-order valence-corrected chi connectivity index (χ3v) is 7.55. The van der Waals surface area contributed by atoms with Gasteiger partial charge in [0.05, 0.1) is 3.79 Å². The van der Waals surface area contributed by atoms with Gasteiger partial charge in [-0.25, -0.2) is 0 Å². The molecule has 4 heteroatoms. The lowest BCUT2D eigenvalue weighted by molar-refractivity contribution is 0.247. The molecule has 0 aromatic carbocycles. The van der Waals surface area contributed by atoms with E-state index >= 15 is 0 Å². The molecule has 2 unspecified atom stereocenters. The summed E-state index contributed by atoms with van der Waals surface area (Å²) in [5.41, 5.74) is 0.373. The summed E-state index contributed by atoms with van der Waals surface area (Å²) >= 11 is 12.7.